The number of hydrogen-bond acceptors (Lipinski definition) is 2. The van der Waals surface area contributed by atoms with Crippen molar-refractivity contribution >= 4 is 27.5 Å². The second-order valence-corrected chi connectivity index (χ2v) is 5.05. The summed E-state index contributed by atoms with van der Waals surface area (Å²) in [7, 11) is 0. The SMILES string of the molecule is NC1(COc2ccc(Br)cc2Cl)CC1. The average molecular weight is 277 g/mol. The van der Waals surface area contributed by atoms with E-state index in [0.29, 0.717) is 17.4 Å². The Morgan fingerprint density at radius 3 is 2.79 bits per heavy atom. The first-order valence-electron chi connectivity index (χ1n) is 4.46. The summed E-state index contributed by atoms with van der Waals surface area (Å²) in [6.07, 6.45) is 2.09. The van der Waals surface area contributed by atoms with Crippen LogP contribution in [0.25, 0.3) is 0 Å². The van der Waals surface area contributed by atoms with Gasteiger partial charge in [0.05, 0.1) is 10.6 Å². The summed E-state index contributed by atoms with van der Waals surface area (Å²) in [5, 5.41) is 0.614. The second kappa shape index (κ2) is 3.72. The highest BCUT2D eigenvalue weighted by atomic mass is 79.9. The van der Waals surface area contributed by atoms with Gasteiger partial charge in [0.25, 0.3) is 0 Å². The van der Waals surface area contributed by atoms with E-state index in [1.807, 2.05) is 18.2 Å². The van der Waals surface area contributed by atoms with Crippen molar-refractivity contribution in [2.75, 3.05) is 6.61 Å². The number of rotatable bonds is 3. The van der Waals surface area contributed by atoms with Crippen molar-refractivity contribution in [3.8, 4) is 5.75 Å². The minimum Gasteiger partial charge on any atom is -0.490 e. The molecule has 2 nitrogen and oxygen atoms in total. The molecule has 0 unspecified atom stereocenters. The molecule has 14 heavy (non-hydrogen) atoms. The van der Waals surface area contributed by atoms with E-state index < -0.39 is 0 Å². The minimum atomic E-state index is -0.101. The summed E-state index contributed by atoms with van der Waals surface area (Å²) in [6, 6.07) is 5.56. The maximum absolute atomic E-state index is 5.98. The molecule has 0 amide bonds. The van der Waals surface area contributed by atoms with Crippen LogP contribution < -0.4 is 10.5 Å². The zero-order valence-corrected chi connectivity index (χ0v) is 9.94. The van der Waals surface area contributed by atoms with Crippen LogP contribution in [0.5, 0.6) is 5.75 Å². The third-order valence-electron chi connectivity index (χ3n) is 2.30. The van der Waals surface area contributed by atoms with E-state index in [-0.39, 0.29) is 5.54 Å². The van der Waals surface area contributed by atoms with Crippen LogP contribution in [-0.4, -0.2) is 12.1 Å². The average Bonchev–Trinajstić information content (AvgIpc) is 2.83. The Morgan fingerprint density at radius 1 is 1.50 bits per heavy atom. The predicted molar refractivity (Wildman–Crippen MR) is 60.8 cm³/mol. The molecule has 0 heterocycles. The molecule has 0 bridgehead atoms. The highest BCUT2D eigenvalue weighted by Gasteiger charge is 2.39. The summed E-state index contributed by atoms with van der Waals surface area (Å²) in [6.45, 7) is 0.550. The molecule has 1 saturated carbocycles. The first kappa shape index (κ1) is 10.3. The number of benzene rings is 1. The van der Waals surface area contributed by atoms with Crippen LogP contribution in [-0.2, 0) is 0 Å². The van der Waals surface area contributed by atoms with Crippen LogP contribution in [0.3, 0.4) is 0 Å². The molecule has 0 aromatic heterocycles. The summed E-state index contributed by atoms with van der Waals surface area (Å²) in [4.78, 5) is 0. The van der Waals surface area contributed by atoms with E-state index in [9.17, 15) is 0 Å². The molecule has 2 rings (SSSR count). The van der Waals surface area contributed by atoms with Gasteiger partial charge in [0.2, 0.25) is 0 Å². The van der Waals surface area contributed by atoms with Gasteiger partial charge < -0.3 is 10.5 Å². The fraction of sp³-hybridized carbons (Fsp3) is 0.400. The molecular weight excluding hydrogens is 265 g/mol. The minimum absolute atomic E-state index is 0.101. The Kier molecular flexibility index (Phi) is 2.73. The molecule has 1 fully saturated rings. The number of hydrogen-bond donors (Lipinski definition) is 1. The Morgan fingerprint density at radius 2 is 2.21 bits per heavy atom. The van der Waals surface area contributed by atoms with Crippen LogP contribution >= 0.6 is 27.5 Å². The lowest BCUT2D eigenvalue weighted by Crippen LogP contribution is -2.29. The van der Waals surface area contributed by atoms with Gasteiger partial charge in [-0.1, -0.05) is 27.5 Å². The standard InChI is InChI=1S/C10H11BrClNO/c11-7-1-2-9(8(12)5-7)14-6-10(13)3-4-10/h1-2,5H,3-4,6,13H2. The molecule has 0 aliphatic heterocycles. The van der Waals surface area contributed by atoms with Gasteiger partial charge in [0.1, 0.15) is 12.4 Å². The predicted octanol–water partition coefficient (Wildman–Crippen LogP) is 2.97. The summed E-state index contributed by atoms with van der Waals surface area (Å²) < 4.78 is 6.49. The van der Waals surface area contributed by atoms with E-state index in [1.165, 1.54) is 0 Å². The monoisotopic (exact) mass is 275 g/mol. The largest absolute Gasteiger partial charge is 0.490 e. The summed E-state index contributed by atoms with van der Waals surface area (Å²) >= 11 is 9.32. The van der Waals surface area contributed by atoms with Gasteiger partial charge in [-0.15, -0.1) is 0 Å². The molecule has 2 N–H and O–H groups in total. The van der Waals surface area contributed by atoms with Crippen LogP contribution in [0.2, 0.25) is 5.02 Å². The van der Waals surface area contributed by atoms with Gasteiger partial charge in [0, 0.05) is 4.47 Å². The topological polar surface area (TPSA) is 35.2 Å². The Balaban J connectivity index is 2.02. The first-order valence-corrected chi connectivity index (χ1v) is 5.63. The van der Waals surface area contributed by atoms with Crippen molar-refractivity contribution in [2.24, 2.45) is 5.73 Å². The molecular formula is C10H11BrClNO. The van der Waals surface area contributed by atoms with E-state index in [0.717, 1.165) is 17.3 Å². The van der Waals surface area contributed by atoms with Crippen LogP contribution in [0, 0.1) is 0 Å². The van der Waals surface area contributed by atoms with E-state index >= 15 is 0 Å². The van der Waals surface area contributed by atoms with Gasteiger partial charge in [-0.05, 0) is 31.0 Å². The lowest BCUT2D eigenvalue weighted by molar-refractivity contribution is 0.279. The third kappa shape index (κ3) is 2.41. The lowest BCUT2D eigenvalue weighted by atomic mass is 10.3. The zero-order chi connectivity index (χ0) is 10.2. The van der Waals surface area contributed by atoms with Crippen LogP contribution in [0.1, 0.15) is 12.8 Å². The molecule has 0 atom stereocenters. The first-order chi connectivity index (χ1) is 6.59. The van der Waals surface area contributed by atoms with Crippen LogP contribution in [0.15, 0.2) is 22.7 Å². The zero-order valence-electron chi connectivity index (χ0n) is 7.59. The molecule has 4 heteroatoms. The molecule has 1 aliphatic carbocycles. The van der Waals surface area contributed by atoms with Crippen molar-refractivity contribution in [1.29, 1.82) is 0 Å². The summed E-state index contributed by atoms with van der Waals surface area (Å²) in [5.41, 5.74) is 5.80. The van der Waals surface area contributed by atoms with Gasteiger partial charge in [-0.2, -0.15) is 0 Å². The number of nitrogens with two attached hydrogens (primary N) is 1. The highest BCUT2D eigenvalue weighted by Crippen LogP contribution is 2.34. The van der Waals surface area contributed by atoms with E-state index in [2.05, 4.69) is 15.9 Å². The third-order valence-corrected chi connectivity index (χ3v) is 3.09. The fourth-order valence-corrected chi connectivity index (χ4v) is 1.85. The molecule has 76 valence electrons. The molecule has 1 aromatic rings. The smallest absolute Gasteiger partial charge is 0.138 e. The van der Waals surface area contributed by atoms with E-state index in [4.69, 9.17) is 22.1 Å². The summed E-state index contributed by atoms with van der Waals surface area (Å²) in [5.74, 6) is 0.701. The molecule has 0 saturated heterocycles. The Bertz CT molecular complexity index is 352. The van der Waals surface area contributed by atoms with Gasteiger partial charge in [-0.3, -0.25) is 0 Å². The Labute approximate surface area is 96.5 Å². The normalized spacial score (nSPS) is 17.9. The quantitative estimate of drug-likeness (QED) is 0.921. The van der Waals surface area contributed by atoms with Crippen molar-refractivity contribution in [3.63, 3.8) is 0 Å². The van der Waals surface area contributed by atoms with Crippen molar-refractivity contribution in [1.82, 2.24) is 0 Å². The number of halogens is 2. The van der Waals surface area contributed by atoms with Gasteiger partial charge in [0.15, 0.2) is 0 Å². The van der Waals surface area contributed by atoms with Crippen molar-refractivity contribution in [2.45, 2.75) is 18.4 Å². The fourth-order valence-electron chi connectivity index (χ4n) is 1.12. The number of ether oxygens (including phenoxy) is 1. The molecule has 1 aliphatic rings. The van der Waals surface area contributed by atoms with Gasteiger partial charge >= 0.3 is 0 Å². The molecule has 0 spiro atoms. The second-order valence-electron chi connectivity index (χ2n) is 3.73. The van der Waals surface area contributed by atoms with Gasteiger partial charge in [-0.25, -0.2) is 0 Å². The maximum atomic E-state index is 5.98. The maximum Gasteiger partial charge on any atom is 0.138 e. The van der Waals surface area contributed by atoms with Crippen LogP contribution in [0.4, 0.5) is 0 Å². The van der Waals surface area contributed by atoms with E-state index in [1.54, 1.807) is 0 Å². The Hall–Kier alpha value is -0.250. The molecule has 1 aromatic carbocycles. The molecule has 0 radical (unpaired) electrons. The van der Waals surface area contributed by atoms with Crippen molar-refractivity contribution in [3.05, 3.63) is 27.7 Å². The highest BCUT2D eigenvalue weighted by molar-refractivity contribution is 9.10. The lowest BCUT2D eigenvalue weighted by Gasteiger charge is -2.12. The van der Waals surface area contributed by atoms with Crippen molar-refractivity contribution < 1.29 is 4.74 Å².